The summed E-state index contributed by atoms with van der Waals surface area (Å²) in [6.45, 7) is 1.96. The molecule has 25 heavy (non-hydrogen) atoms. The van der Waals surface area contributed by atoms with Gasteiger partial charge in [-0.1, -0.05) is 30.3 Å². The molecule has 0 bridgehead atoms. The molecule has 3 aromatic rings. The van der Waals surface area contributed by atoms with Gasteiger partial charge < -0.3 is 9.47 Å². The fraction of sp³-hybridized carbons (Fsp3) is 0.200. The van der Waals surface area contributed by atoms with Gasteiger partial charge in [0.2, 0.25) is 0 Å². The quantitative estimate of drug-likeness (QED) is 0.715. The lowest BCUT2D eigenvalue weighted by atomic mass is 10.1. The molecular formula is C20H20N2O3. The van der Waals surface area contributed by atoms with Crippen molar-refractivity contribution in [3.63, 3.8) is 0 Å². The van der Waals surface area contributed by atoms with Crippen LogP contribution in [0.1, 0.15) is 18.5 Å². The Morgan fingerprint density at radius 2 is 1.64 bits per heavy atom. The van der Waals surface area contributed by atoms with Crippen LogP contribution in [0.4, 0.5) is 0 Å². The Morgan fingerprint density at radius 1 is 0.920 bits per heavy atom. The van der Waals surface area contributed by atoms with Gasteiger partial charge in [-0.05, 0) is 36.8 Å². The zero-order valence-electron chi connectivity index (χ0n) is 14.5. The number of ether oxygens (including phenoxy) is 2. The molecule has 3 rings (SSSR count). The Morgan fingerprint density at radius 3 is 2.32 bits per heavy atom. The number of nitrogens with zero attached hydrogens (tertiary/aromatic N) is 2. The highest BCUT2D eigenvalue weighted by atomic mass is 16.5. The molecule has 0 aliphatic carbocycles. The first-order valence-electron chi connectivity index (χ1n) is 8.01. The van der Waals surface area contributed by atoms with Gasteiger partial charge in [0.1, 0.15) is 0 Å². The highest BCUT2D eigenvalue weighted by molar-refractivity contribution is 5.63. The van der Waals surface area contributed by atoms with Gasteiger partial charge >= 0.3 is 0 Å². The van der Waals surface area contributed by atoms with Crippen molar-refractivity contribution in [2.45, 2.75) is 13.0 Å². The topological polar surface area (TPSA) is 53.4 Å². The molecule has 5 heteroatoms. The molecule has 1 heterocycles. The normalized spacial score (nSPS) is 11.8. The Bertz CT molecular complexity index is 920. The largest absolute Gasteiger partial charge is 0.493 e. The number of hydrogen-bond acceptors (Lipinski definition) is 4. The fourth-order valence-electron chi connectivity index (χ4n) is 2.73. The molecule has 0 amide bonds. The molecule has 1 atom stereocenters. The van der Waals surface area contributed by atoms with Crippen molar-refractivity contribution in [3.8, 4) is 22.8 Å². The number of benzene rings is 2. The maximum absolute atomic E-state index is 12.3. The fourth-order valence-corrected chi connectivity index (χ4v) is 2.73. The van der Waals surface area contributed by atoms with Crippen LogP contribution in [0.3, 0.4) is 0 Å². The summed E-state index contributed by atoms with van der Waals surface area (Å²) < 4.78 is 12.1. The van der Waals surface area contributed by atoms with Crippen molar-refractivity contribution in [2.75, 3.05) is 14.2 Å². The maximum Gasteiger partial charge on any atom is 0.267 e. The summed E-state index contributed by atoms with van der Waals surface area (Å²) in [6, 6.07) is 18.5. The highest BCUT2D eigenvalue weighted by Crippen LogP contribution is 2.31. The third kappa shape index (κ3) is 3.40. The average molecular weight is 336 g/mol. The molecular weight excluding hydrogens is 316 g/mol. The number of aromatic nitrogens is 2. The predicted molar refractivity (Wildman–Crippen MR) is 97.3 cm³/mol. The van der Waals surface area contributed by atoms with Gasteiger partial charge in [-0.2, -0.15) is 5.10 Å². The number of hydrogen-bond donors (Lipinski definition) is 0. The molecule has 128 valence electrons. The number of methoxy groups -OCH3 is 2. The molecule has 5 nitrogen and oxygen atoms in total. The first-order valence-corrected chi connectivity index (χ1v) is 8.01. The highest BCUT2D eigenvalue weighted by Gasteiger charge is 2.13. The molecule has 0 N–H and O–H groups in total. The van der Waals surface area contributed by atoms with E-state index in [1.165, 1.54) is 4.68 Å². The predicted octanol–water partition coefficient (Wildman–Crippen LogP) is 3.54. The summed E-state index contributed by atoms with van der Waals surface area (Å²) >= 11 is 0. The van der Waals surface area contributed by atoms with Crippen LogP contribution in [-0.2, 0) is 0 Å². The van der Waals surface area contributed by atoms with Crippen molar-refractivity contribution < 1.29 is 9.47 Å². The van der Waals surface area contributed by atoms with Crippen LogP contribution in [-0.4, -0.2) is 24.0 Å². The summed E-state index contributed by atoms with van der Waals surface area (Å²) in [4.78, 5) is 12.3. The third-order valence-corrected chi connectivity index (χ3v) is 4.15. The van der Waals surface area contributed by atoms with Crippen LogP contribution in [0.5, 0.6) is 11.5 Å². The minimum Gasteiger partial charge on any atom is -0.493 e. The maximum atomic E-state index is 12.3. The van der Waals surface area contributed by atoms with E-state index in [-0.39, 0.29) is 11.6 Å². The molecule has 2 aromatic carbocycles. The zero-order chi connectivity index (χ0) is 17.8. The van der Waals surface area contributed by atoms with E-state index in [2.05, 4.69) is 5.10 Å². The first kappa shape index (κ1) is 16.8. The van der Waals surface area contributed by atoms with E-state index in [0.717, 1.165) is 11.1 Å². The van der Waals surface area contributed by atoms with Gasteiger partial charge in [0, 0.05) is 11.6 Å². The molecule has 1 unspecified atom stereocenters. The molecule has 0 radical (unpaired) electrons. The first-order chi connectivity index (χ1) is 12.1. The standard InChI is InChI=1S/C20H20N2O3/c1-14(15-7-5-4-6-8-15)22-20(23)12-10-17(21-22)16-9-11-18(24-2)19(13-16)25-3/h4-14H,1-3H3. The minimum absolute atomic E-state index is 0.138. The lowest BCUT2D eigenvalue weighted by Gasteiger charge is -2.15. The van der Waals surface area contributed by atoms with E-state index in [9.17, 15) is 4.79 Å². The monoisotopic (exact) mass is 336 g/mol. The van der Waals surface area contributed by atoms with E-state index in [4.69, 9.17) is 9.47 Å². The van der Waals surface area contributed by atoms with Crippen molar-refractivity contribution in [1.29, 1.82) is 0 Å². The molecule has 0 aliphatic heterocycles. The van der Waals surface area contributed by atoms with Gasteiger partial charge in [-0.3, -0.25) is 4.79 Å². The van der Waals surface area contributed by atoms with E-state index in [0.29, 0.717) is 17.2 Å². The van der Waals surface area contributed by atoms with Gasteiger partial charge in [0.15, 0.2) is 11.5 Å². The van der Waals surface area contributed by atoms with Gasteiger partial charge in [0.05, 0.1) is 26.0 Å². The van der Waals surface area contributed by atoms with Crippen LogP contribution in [0, 0.1) is 0 Å². The summed E-state index contributed by atoms with van der Waals surface area (Å²) in [7, 11) is 3.19. The van der Waals surface area contributed by atoms with Crippen LogP contribution < -0.4 is 15.0 Å². The van der Waals surface area contributed by atoms with Gasteiger partial charge in [-0.15, -0.1) is 0 Å². The lowest BCUT2D eigenvalue weighted by Crippen LogP contribution is -2.26. The molecule has 0 fully saturated rings. The number of rotatable bonds is 5. The van der Waals surface area contributed by atoms with Gasteiger partial charge in [0.25, 0.3) is 5.56 Å². The Labute approximate surface area is 146 Å². The Hall–Kier alpha value is -3.08. The van der Waals surface area contributed by atoms with Crippen LogP contribution in [0.2, 0.25) is 0 Å². The third-order valence-electron chi connectivity index (χ3n) is 4.15. The van der Waals surface area contributed by atoms with E-state index >= 15 is 0 Å². The lowest BCUT2D eigenvalue weighted by molar-refractivity contribution is 0.355. The van der Waals surface area contributed by atoms with E-state index in [1.54, 1.807) is 26.4 Å². The molecule has 0 aliphatic rings. The average Bonchev–Trinajstić information content (AvgIpc) is 2.68. The zero-order valence-corrected chi connectivity index (χ0v) is 14.5. The van der Waals surface area contributed by atoms with Crippen molar-refractivity contribution >= 4 is 0 Å². The summed E-state index contributed by atoms with van der Waals surface area (Å²) in [6.07, 6.45) is 0. The van der Waals surface area contributed by atoms with Crippen LogP contribution in [0.25, 0.3) is 11.3 Å². The molecule has 1 aromatic heterocycles. The van der Waals surface area contributed by atoms with E-state index in [1.807, 2.05) is 55.5 Å². The second-order valence-electron chi connectivity index (χ2n) is 5.66. The summed E-state index contributed by atoms with van der Waals surface area (Å²) in [5, 5.41) is 4.56. The summed E-state index contributed by atoms with van der Waals surface area (Å²) in [5.74, 6) is 1.27. The van der Waals surface area contributed by atoms with Crippen molar-refractivity contribution in [1.82, 2.24) is 9.78 Å². The van der Waals surface area contributed by atoms with Crippen LogP contribution >= 0.6 is 0 Å². The van der Waals surface area contributed by atoms with Crippen molar-refractivity contribution in [2.24, 2.45) is 0 Å². The molecule has 0 saturated carbocycles. The Kier molecular flexibility index (Phi) is 4.84. The van der Waals surface area contributed by atoms with Crippen LogP contribution in [0.15, 0.2) is 65.5 Å². The SMILES string of the molecule is COc1ccc(-c2ccc(=O)n(C(C)c3ccccc3)n2)cc1OC. The second-order valence-corrected chi connectivity index (χ2v) is 5.66. The van der Waals surface area contributed by atoms with Gasteiger partial charge in [-0.25, -0.2) is 4.68 Å². The Balaban J connectivity index is 2.04. The molecule has 0 saturated heterocycles. The summed E-state index contributed by atoms with van der Waals surface area (Å²) in [5.41, 5.74) is 2.44. The van der Waals surface area contributed by atoms with Crippen molar-refractivity contribution in [3.05, 3.63) is 76.6 Å². The minimum atomic E-state index is -0.159. The smallest absolute Gasteiger partial charge is 0.267 e. The second kappa shape index (κ2) is 7.21. The molecule has 0 spiro atoms. The van der Waals surface area contributed by atoms with E-state index < -0.39 is 0 Å².